The molecule has 0 atom stereocenters. The minimum atomic E-state index is -1.12. The van der Waals surface area contributed by atoms with E-state index >= 15 is 0 Å². The molecule has 2 heterocycles. The number of anilines is 1. The molecule has 0 spiro atoms. The number of benzene rings is 2. The van der Waals surface area contributed by atoms with Crippen LogP contribution in [0.5, 0.6) is 0 Å². The molecule has 0 aliphatic carbocycles. The minimum Gasteiger partial charge on any atom is -0.478 e. The van der Waals surface area contributed by atoms with E-state index in [4.69, 9.17) is 0 Å². The first-order valence-electron chi connectivity index (χ1n) is 9.70. The normalized spacial score (nSPS) is 10.9. The number of carboxylic acid groups (broad SMARTS) is 1. The van der Waals surface area contributed by atoms with E-state index < -0.39 is 5.97 Å². The van der Waals surface area contributed by atoms with Crippen molar-refractivity contribution in [3.8, 4) is 11.3 Å². The van der Waals surface area contributed by atoms with Crippen molar-refractivity contribution < 1.29 is 19.1 Å². The lowest BCUT2D eigenvalue weighted by Gasteiger charge is -2.10. The van der Waals surface area contributed by atoms with Gasteiger partial charge >= 0.3 is 5.97 Å². The number of aromatic carboxylic acids is 1. The van der Waals surface area contributed by atoms with E-state index in [-0.39, 0.29) is 29.4 Å². The van der Waals surface area contributed by atoms with Gasteiger partial charge in [-0.25, -0.2) is 14.2 Å². The van der Waals surface area contributed by atoms with Crippen molar-refractivity contribution in [3.63, 3.8) is 0 Å². The Kier molecular flexibility index (Phi) is 5.25. The van der Waals surface area contributed by atoms with E-state index in [2.05, 4.69) is 10.3 Å². The predicted octanol–water partition coefficient (Wildman–Crippen LogP) is 4.64. The topological polar surface area (TPSA) is 83.7 Å². The highest BCUT2D eigenvalue weighted by Gasteiger charge is 2.19. The lowest BCUT2D eigenvalue weighted by atomic mass is 10.1. The summed E-state index contributed by atoms with van der Waals surface area (Å²) >= 11 is 0. The molecule has 0 fully saturated rings. The number of carbonyl (C=O) groups excluding carboxylic acids is 1. The van der Waals surface area contributed by atoms with Gasteiger partial charge in [0.15, 0.2) is 0 Å². The van der Waals surface area contributed by atoms with Gasteiger partial charge in [-0.1, -0.05) is 18.2 Å². The van der Waals surface area contributed by atoms with Gasteiger partial charge in [0, 0.05) is 11.8 Å². The zero-order valence-corrected chi connectivity index (χ0v) is 17.0. The van der Waals surface area contributed by atoms with Gasteiger partial charge in [-0.15, -0.1) is 0 Å². The molecule has 2 aromatic carbocycles. The summed E-state index contributed by atoms with van der Waals surface area (Å²) in [5.74, 6) is -1.81. The molecule has 7 heteroatoms. The number of aryl methyl sites for hydroxylation is 2. The molecule has 6 nitrogen and oxygen atoms in total. The standard InChI is InChI=1S/C24H20FN3O3/c1-14-7-10-21-27-23(16-8-9-18(25)15(2)11-16)20(28(21)13-14)12-22(29)26-19-6-4-3-5-17(19)24(30)31/h3-11,13H,12H2,1-2H3,(H,26,29)(H,30,31). The lowest BCUT2D eigenvalue weighted by Crippen LogP contribution is -2.18. The molecule has 0 radical (unpaired) electrons. The van der Waals surface area contributed by atoms with Gasteiger partial charge in [0.1, 0.15) is 11.5 Å². The second-order valence-electron chi connectivity index (χ2n) is 7.38. The summed E-state index contributed by atoms with van der Waals surface area (Å²) < 4.78 is 15.6. The maximum Gasteiger partial charge on any atom is 0.337 e. The fourth-order valence-corrected chi connectivity index (χ4v) is 3.52. The molecule has 156 valence electrons. The zero-order valence-electron chi connectivity index (χ0n) is 17.0. The summed E-state index contributed by atoms with van der Waals surface area (Å²) in [7, 11) is 0. The number of fused-ring (bicyclic) bond motifs is 1. The van der Waals surface area contributed by atoms with Crippen molar-refractivity contribution in [2.75, 3.05) is 5.32 Å². The Bertz CT molecular complexity index is 1330. The van der Waals surface area contributed by atoms with Crippen LogP contribution in [0.3, 0.4) is 0 Å². The van der Waals surface area contributed by atoms with Crippen LogP contribution in [0.1, 0.15) is 27.2 Å². The van der Waals surface area contributed by atoms with E-state index in [1.807, 2.05) is 29.7 Å². The smallest absolute Gasteiger partial charge is 0.337 e. The average molecular weight is 417 g/mol. The Balaban J connectivity index is 1.75. The minimum absolute atomic E-state index is 0.0132. The number of imidazole rings is 1. The van der Waals surface area contributed by atoms with Gasteiger partial charge in [0.05, 0.1) is 29.1 Å². The largest absolute Gasteiger partial charge is 0.478 e. The number of rotatable bonds is 5. The van der Waals surface area contributed by atoms with Gasteiger partial charge < -0.3 is 14.8 Å². The van der Waals surface area contributed by atoms with Crippen LogP contribution < -0.4 is 5.32 Å². The monoisotopic (exact) mass is 417 g/mol. The quantitative estimate of drug-likeness (QED) is 0.496. The summed E-state index contributed by atoms with van der Waals surface area (Å²) in [6, 6.07) is 14.7. The molecule has 1 amide bonds. The molecule has 2 N–H and O–H groups in total. The Labute approximate surface area is 178 Å². The fourth-order valence-electron chi connectivity index (χ4n) is 3.52. The van der Waals surface area contributed by atoms with Gasteiger partial charge in [0.25, 0.3) is 0 Å². The highest BCUT2D eigenvalue weighted by atomic mass is 19.1. The van der Waals surface area contributed by atoms with Crippen molar-refractivity contribution in [1.29, 1.82) is 0 Å². The average Bonchev–Trinajstić information content (AvgIpc) is 3.07. The molecule has 31 heavy (non-hydrogen) atoms. The maximum atomic E-state index is 13.8. The first-order valence-corrected chi connectivity index (χ1v) is 9.70. The number of carbonyl (C=O) groups is 2. The van der Waals surface area contributed by atoms with Crippen LogP contribution in [0.4, 0.5) is 10.1 Å². The van der Waals surface area contributed by atoms with Crippen LogP contribution in [0.15, 0.2) is 60.8 Å². The molecule has 0 aliphatic rings. The van der Waals surface area contributed by atoms with Crippen molar-refractivity contribution in [2.24, 2.45) is 0 Å². The number of amides is 1. The van der Waals surface area contributed by atoms with Crippen molar-refractivity contribution in [3.05, 3.63) is 89.0 Å². The fraction of sp³-hybridized carbons (Fsp3) is 0.125. The molecule has 0 saturated heterocycles. The Morgan fingerprint density at radius 1 is 1.10 bits per heavy atom. The van der Waals surface area contributed by atoms with E-state index in [0.717, 1.165) is 5.56 Å². The van der Waals surface area contributed by atoms with Gasteiger partial charge in [0.2, 0.25) is 5.91 Å². The molecule has 4 rings (SSSR count). The highest BCUT2D eigenvalue weighted by Crippen LogP contribution is 2.27. The first kappa shape index (κ1) is 20.3. The van der Waals surface area contributed by atoms with E-state index in [1.165, 1.54) is 12.1 Å². The number of nitrogens with zero attached hydrogens (tertiary/aromatic N) is 2. The molecule has 0 unspecified atom stereocenters. The number of hydrogen-bond donors (Lipinski definition) is 2. The van der Waals surface area contributed by atoms with E-state index in [0.29, 0.717) is 28.2 Å². The van der Waals surface area contributed by atoms with Crippen molar-refractivity contribution >= 4 is 23.2 Å². The third-order valence-electron chi connectivity index (χ3n) is 5.06. The lowest BCUT2D eigenvalue weighted by molar-refractivity contribution is -0.115. The van der Waals surface area contributed by atoms with Gasteiger partial charge in [-0.3, -0.25) is 4.79 Å². The molecule has 0 bridgehead atoms. The maximum absolute atomic E-state index is 13.8. The number of para-hydroxylation sites is 1. The van der Waals surface area contributed by atoms with Crippen LogP contribution >= 0.6 is 0 Å². The van der Waals surface area contributed by atoms with Crippen molar-refractivity contribution in [1.82, 2.24) is 9.38 Å². The third-order valence-corrected chi connectivity index (χ3v) is 5.06. The van der Waals surface area contributed by atoms with E-state index in [9.17, 15) is 19.1 Å². The van der Waals surface area contributed by atoms with Crippen LogP contribution in [-0.4, -0.2) is 26.4 Å². The number of aromatic nitrogens is 2. The number of pyridine rings is 1. The van der Waals surface area contributed by atoms with Crippen molar-refractivity contribution in [2.45, 2.75) is 20.3 Å². The zero-order chi connectivity index (χ0) is 22.1. The SMILES string of the molecule is Cc1ccc2nc(-c3ccc(F)c(C)c3)c(CC(=O)Nc3ccccc3C(=O)O)n2c1. The van der Waals surface area contributed by atoms with Crippen LogP contribution in [-0.2, 0) is 11.2 Å². The number of carboxylic acids is 1. The second kappa shape index (κ2) is 8.02. The summed E-state index contributed by atoms with van der Waals surface area (Å²) in [5, 5.41) is 12.0. The van der Waals surface area contributed by atoms with Crippen LogP contribution in [0, 0.1) is 19.7 Å². The summed E-state index contributed by atoms with van der Waals surface area (Å²) in [4.78, 5) is 29.0. The van der Waals surface area contributed by atoms with Crippen LogP contribution in [0.25, 0.3) is 16.9 Å². The Morgan fingerprint density at radius 3 is 2.61 bits per heavy atom. The number of hydrogen-bond acceptors (Lipinski definition) is 3. The number of halogens is 1. The molecule has 4 aromatic rings. The van der Waals surface area contributed by atoms with Gasteiger partial charge in [-0.05, 0) is 61.4 Å². The predicted molar refractivity (Wildman–Crippen MR) is 116 cm³/mol. The molecular formula is C24H20FN3O3. The summed E-state index contributed by atoms with van der Waals surface area (Å²) in [6.07, 6.45) is 1.85. The Hall–Kier alpha value is -4.00. The number of nitrogens with one attached hydrogen (secondary N) is 1. The molecule has 0 saturated carbocycles. The van der Waals surface area contributed by atoms with E-state index in [1.54, 1.807) is 37.3 Å². The molecule has 2 aromatic heterocycles. The second-order valence-corrected chi connectivity index (χ2v) is 7.38. The molecule has 0 aliphatic heterocycles. The Morgan fingerprint density at radius 2 is 1.87 bits per heavy atom. The molecular weight excluding hydrogens is 397 g/mol. The third kappa shape index (κ3) is 4.02. The summed E-state index contributed by atoms with van der Waals surface area (Å²) in [6.45, 7) is 3.61. The van der Waals surface area contributed by atoms with Crippen LogP contribution in [0.2, 0.25) is 0 Å². The highest BCUT2D eigenvalue weighted by molar-refractivity contribution is 6.01. The van der Waals surface area contributed by atoms with Gasteiger partial charge in [-0.2, -0.15) is 0 Å². The summed E-state index contributed by atoms with van der Waals surface area (Å²) in [5.41, 5.74) is 4.29. The first-order chi connectivity index (χ1) is 14.8.